The van der Waals surface area contributed by atoms with Gasteiger partial charge in [-0.2, -0.15) is 0 Å². The number of nitrogens with zero attached hydrogens (tertiary/aromatic N) is 2. The lowest BCUT2D eigenvalue weighted by Gasteiger charge is -2.09. The predicted octanol–water partition coefficient (Wildman–Crippen LogP) is 5.21. The molecule has 0 heterocycles. The number of carbonyl (C=O) groups excluding carboxylic acids is 1. The zero-order valence-electron chi connectivity index (χ0n) is 16.7. The Kier molecular flexibility index (Phi) is 7.71. The van der Waals surface area contributed by atoms with Gasteiger partial charge in [0.15, 0.2) is 5.71 Å². The molecule has 0 aliphatic heterocycles. The Hall–Kier alpha value is -2.57. The van der Waals surface area contributed by atoms with E-state index in [-0.39, 0.29) is 12.3 Å². The third kappa shape index (κ3) is 5.32. The van der Waals surface area contributed by atoms with E-state index in [2.05, 4.69) is 10.3 Å². The molecular formula is C22H22Cl2N2O4. The van der Waals surface area contributed by atoms with Gasteiger partial charge in [0.1, 0.15) is 13.7 Å². The fourth-order valence-corrected chi connectivity index (χ4v) is 4.00. The second-order valence-electron chi connectivity index (χ2n) is 6.81. The fourth-order valence-electron chi connectivity index (χ4n) is 3.33. The second kappa shape index (κ2) is 10.5. The molecule has 6 nitrogen and oxygen atoms in total. The Morgan fingerprint density at radius 3 is 2.57 bits per heavy atom. The van der Waals surface area contributed by atoms with E-state index in [1.165, 1.54) is 14.2 Å². The first-order valence-electron chi connectivity index (χ1n) is 9.42. The molecule has 1 saturated carbocycles. The van der Waals surface area contributed by atoms with E-state index in [0.29, 0.717) is 27.4 Å². The first kappa shape index (κ1) is 22.1. The van der Waals surface area contributed by atoms with Gasteiger partial charge < -0.3 is 14.4 Å². The Labute approximate surface area is 185 Å². The van der Waals surface area contributed by atoms with E-state index >= 15 is 0 Å². The van der Waals surface area contributed by atoms with Crippen LogP contribution in [0.25, 0.3) is 0 Å². The number of carbonyl (C=O) groups is 1. The maximum atomic E-state index is 12.0. The smallest absolute Gasteiger partial charge is 0.360 e. The average Bonchev–Trinajstić information content (AvgIpc) is 3.50. The standard InChI is InChI=1S/C22H22Cl2N2O4/c1-28-22(27)21(26-29-2)16-7-4-3-6-15(16)13-30-25-11-10-14-12-17(14)20-18(23)8-5-9-19(20)24/h3-9,11,14,17H,10,12-13H2,1-2H3/b25-11+,26-21+/t14-,17-/m1/s1. The molecule has 0 unspecified atom stereocenters. The van der Waals surface area contributed by atoms with Crippen molar-refractivity contribution in [2.24, 2.45) is 16.2 Å². The molecule has 2 aromatic rings. The Morgan fingerprint density at radius 2 is 1.87 bits per heavy atom. The summed E-state index contributed by atoms with van der Waals surface area (Å²) >= 11 is 12.6. The first-order chi connectivity index (χ1) is 14.6. The number of benzene rings is 2. The molecule has 0 saturated heterocycles. The minimum Gasteiger partial charge on any atom is -0.464 e. The molecule has 0 N–H and O–H groups in total. The summed E-state index contributed by atoms with van der Waals surface area (Å²) in [6.07, 6.45) is 3.54. The third-order valence-corrected chi connectivity index (χ3v) is 5.56. The lowest BCUT2D eigenvalue weighted by molar-refractivity contribution is -0.132. The van der Waals surface area contributed by atoms with Gasteiger partial charge in [0.2, 0.25) is 0 Å². The Bertz CT molecular complexity index is 942. The monoisotopic (exact) mass is 448 g/mol. The maximum Gasteiger partial charge on any atom is 0.360 e. The van der Waals surface area contributed by atoms with Crippen molar-refractivity contribution in [3.05, 3.63) is 69.2 Å². The number of hydrogen-bond donors (Lipinski definition) is 0. The molecule has 0 aromatic heterocycles. The van der Waals surface area contributed by atoms with Crippen LogP contribution in [0.4, 0.5) is 0 Å². The highest BCUT2D eigenvalue weighted by molar-refractivity contribution is 6.43. The quantitative estimate of drug-likeness (QED) is 0.299. The molecule has 3 rings (SSSR count). The van der Waals surface area contributed by atoms with Crippen LogP contribution in [-0.2, 0) is 25.8 Å². The molecule has 0 radical (unpaired) electrons. The average molecular weight is 449 g/mol. The fraction of sp³-hybridized carbons (Fsp3) is 0.318. The van der Waals surface area contributed by atoms with Crippen molar-refractivity contribution in [2.45, 2.75) is 25.4 Å². The highest BCUT2D eigenvalue weighted by Gasteiger charge is 2.39. The topological polar surface area (TPSA) is 69.5 Å². The number of rotatable bonds is 9. The van der Waals surface area contributed by atoms with Gasteiger partial charge in [-0.15, -0.1) is 0 Å². The van der Waals surface area contributed by atoms with Gasteiger partial charge in [-0.1, -0.05) is 63.8 Å². The summed E-state index contributed by atoms with van der Waals surface area (Å²) in [5.41, 5.74) is 2.39. The molecule has 30 heavy (non-hydrogen) atoms. The second-order valence-corrected chi connectivity index (χ2v) is 7.62. The van der Waals surface area contributed by atoms with Gasteiger partial charge in [-0.25, -0.2) is 4.79 Å². The van der Waals surface area contributed by atoms with Crippen molar-refractivity contribution >= 4 is 41.1 Å². The summed E-state index contributed by atoms with van der Waals surface area (Å²) in [6.45, 7) is 0.177. The largest absolute Gasteiger partial charge is 0.464 e. The minimum absolute atomic E-state index is 0.0700. The highest BCUT2D eigenvalue weighted by atomic mass is 35.5. The van der Waals surface area contributed by atoms with Crippen LogP contribution in [0.15, 0.2) is 52.8 Å². The van der Waals surface area contributed by atoms with Gasteiger partial charge in [0, 0.05) is 27.4 Å². The Balaban J connectivity index is 1.56. The van der Waals surface area contributed by atoms with Crippen molar-refractivity contribution in [2.75, 3.05) is 14.2 Å². The number of methoxy groups -OCH3 is 1. The number of hydrogen-bond acceptors (Lipinski definition) is 6. The van der Waals surface area contributed by atoms with Crippen LogP contribution in [0.2, 0.25) is 10.0 Å². The summed E-state index contributed by atoms with van der Waals surface area (Å²) < 4.78 is 4.77. The molecular weight excluding hydrogens is 427 g/mol. The maximum absolute atomic E-state index is 12.0. The van der Waals surface area contributed by atoms with Gasteiger partial charge in [0.25, 0.3) is 0 Å². The summed E-state index contributed by atoms with van der Waals surface area (Å²) in [5.74, 6) is 0.207. The third-order valence-electron chi connectivity index (χ3n) is 4.90. The number of esters is 1. The van der Waals surface area contributed by atoms with Crippen LogP contribution in [0, 0.1) is 5.92 Å². The van der Waals surface area contributed by atoms with Crippen LogP contribution in [0.3, 0.4) is 0 Å². The molecule has 8 heteroatoms. The first-order valence-corrected chi connectivity index (χ1v) is 10.2. The summed E-state index contributed by atoms with van der Waals surface area (Å²) in [5, 5.41) is 9.25. The summed E-state index contributed by atoms with van der Waals surface area (Å²) in [7, 11) is 2.66. The van der Waals surface area contributed by atoms with E-state index in [4.69, 9.17) is 37.6 Å². The van der Waals surface area contributed by atoms with E-state index < -0.39 is 5.97 Å². The minimum atomic E-state index is -0.592. The van der Waals surface area contributed by atoms with Crippen LogP contribution < -0.4 is 0 Å². The van der Waals surface area contributed by atoms with E-state index in [9.17, 15) is 4.79 Å². The SMILES string of the molecule is CO/N=C(/C(=O)OC)c1ccccc1CO/N=C/C[C@@H]1C[C@H]1c1c(Cl)cccc1Cl. The van der Waals surface area contributed by atoms with Gasteiger partial charge in [-0.05, 0) is 42.4 Å². The molecule has 158 valence electrons. The zero-order valence-corrected chi connectivity index (χ0v) is 18.2. The Morgan fingerprint density at radius 1 is 1.13 bits per heavy atom. The van der Waals surface area contributed by atoms with Crippen molar-refractivity contribution < 1.29 is 19.2 Å². The lowest BCUT2D eigenvalue weighted by atomic mass is 10.0. The molecule has 2 aromatic carbocycles. The van der Waals surface area contributed by atoms with Crippen LogP contribution >= 0.6 is 23.2 Å². The van der Waals surface area contributed by atoms with Crippen LogP contribution in [-0.4, -0.2) is 32.1 Å². The van der Waals surface area contributed by atoms with Crippen molar-refractivity contribution in [1.82, 2.24) is 0 Å². The summed E-state index contributed by atoms with van der Waals surface area (Å²) in [4.78, 5) is 22.2. The molecule has 0 spiro atoms. The van der Waals surface area contributed by atoms with E-state index in [0.717, 1.165) is 24.0 Å². The summed E-state index contributed by atoms with van der Waals surface area (Å²) in [6, 6.07) is 12.8. The molecule has 2 atom stereocenters. The number of ether oxygens (including phenoxy) is 1. The lowest BCUT2D eigenvalue weighted by Crippen LogP contribution is -2.19. The molecule has 0 bridgehead atoms. The number of halogens is 2. The van der Waals surface area contributed by atoms with E-state index in [1.807, 2.05) is 30.3 Å². The molecule has 1 fully saturated rings. The molecule has 1 aliphatic rings. The van der Waals surface area contributed by atoms with Crippen LogP contribution in [0.5, 0.6) is 0 Å². The van der Waals surface area contributed by atoms with Crippen molar-refractivity contribution in [1.29, 1.82) is 0 Å². The number of oxime groups is 2. The predicted molar refractivity (Wildman–Crippen MR) is 117 cm³/mol. The normalized spacial score (nSPS) is 18.3. The van der Waals surface area contributed by atoms with Gasteiger partial charge in [0.05, 0.1) is 7.11 Å². The highest BCUT2D eigenvalue weighted by Crippen LogP contribution is 2.53. The van der Waals surface area contributed by atoms with Gasteiger partial charge in [-0.3, -0.25) is 0 Å². The van der Waals surface area contributed by atoms with Crippen molar-refractivity contribution in [3.63, 3.8) is 0 Å². The zero-order chi connectivity index (χ0) is 21.5. The van der Waals surface area contributed by atoms with Crippen LogP contribution in [0.1, 0.15) is 35.4 Å². The van der Waals surface area contributed by atoms with Crippen molar-refractivity contribution in [3.8, 4) is 0 Å². The van der Waals surface area contributed by atoms with Gasteiger partial charge >= 0.3 is 5.97 Å². The van der Waals surface area contributed by atoms with E-state index in [1.54, 1.807) is 18.3 Å². The molecule has 1 aliphatic carbocycles. The molecule has 0 amide bonds.